The Bertz CT molecular complexity index is 1160. The summed E-state index contributed by atoms with van der Waals surface area (Å²) in [4.78, 5) is 8.69. The number of hydrogen-bond donors (Lipinski definition) is 0. The molecular weight excluding hydrogens is 472 g/mol. The maximum absolute atomic E-state index is 6.84. The minimum atomic E-state index is 0.434. The summed E-state index contributed by atoms with van der Waals surface area (Å²) in [5, 5.41) is 2.16. The first-order valence-corrected chi connectivity index (χ1v) is 9.74. The zero-order valence-corrected chi connectivity index (χ0v) is 17.7. The van der Waals surface area contributed by atoms with Gasteiger partial charge in [-0.1, -0.05) is 62.9 Å². The molecule has 27 heavy (non-hydrogen) atoms. The zero-order valence-electron chi connectivity index (χ0n) is 13.9. The van der Waals surface area contributed by atoms with Gasteiger partial charge in [0.05, 0.1) is 23.2 Å². The van der Waals surface area contributed by atoms with Crippen LogP contribution in [0.25, 0.3) is 27.8 Å². The number of hydrogen-bond acceptors (Lipinski definition) is 3. The van der Waals surface area contributed by atoms with E-state index in [2.05, 4.69) is 25.9 Å². The van der Waals surface area contributed by atoms with Crippen LogP contribution in [-0.4, -0.2) is 21.6 Å². The molecular formula is C19H11BrCl3N3O. The highest BCUT2D eigenvalue weighted by Gasteiger charge is 2.24. The van der Waals surface area contributed by atoms with Gasteiger partial charge in [-0.05, 0) is 35.9 Å². The molecule has 136 valence electrons. The summed E-state index contributed by atoms with van der Waals surface area (Å²) in [7, 11) is 1.56. The van der Waals surface area contributed by atoms with Gasteiger partial charge in [0, 0.05) is 15.1 Å². The molecule has 0 radical (unpaired) electrons. The third-order valence-corrected chi connectivity index (χ3v) is 5.56. The van der Waals surface area contributed by atoms with Gasteiger partial charge in [0.25, 0.3) is 0 Å². The molecule has 0 amide bonds. The van der Waals surface area contributed by atoms with Gasteiger partial charge in [0.2, 0.25) is 5.88 Å². The number of nitrogens with zero attached hydrogens (tertiary/aromatic N) is 3. The first-order valence-electron chi connectivity index (χ1n) is 7.81. The van der Waals surface area contributed by atoms with E-state index < -0.39 is 0 Å². The molecule has 2 aromatic heterocycles. The summed E-state index contributed by atoms with van der Waals surface area (Å²) < 4.78 is 8.22. The summed E-state index contributed by atoms with van der Waals surface area (Å²) in [5.74, 6) is 0.434. The Balaban J connectivity index is 2.12. The van der Waals surface area contributed by atoms with Crippen molar-refractivity contribution in [2.45, 2.75) is 0 Å². The Hall–Kier alpha value is -1.79. The van der Waals surface area contributed by atoms with Gasteiger partial charge < -0.3 is 4.74 Å². The second-order valence-corrected chi connectivity index (χ2v) is 7.80. The van der Waals surface area contributed by atoms with Gasteiger partial charge in [-0.3, -0.25) is 4.57 Å². The molecule has 0 spiro atoms. The maximum Gasteiger partial charge on any atom is 0.226 e. The van der Waals surface area contributed by atoms with Gasteiger partial charge in [-0.15, -0.1) is 0 Å². The van der Waals surface area contributed by atoms with Gasteiger partial charge in [0.15, 0.2) is 5.65 Å². The van der Waals surface area contributed by atoms with Crippen molar-refractivity contribution in [1.29, 1.82) is 0 Å². The quantitative estimate of drug-likeness (QED) is 0.321. The van der Waals surface area contributed by atoms with E-state index >= 15 is 0 Å². The van der Waals surface area contributed by atoms with Gasteiger partial charge in [-0.25, -0.2) is 9.97 Å². The fraction of sp³-hybridized carbons (Fsp3) is 0.0526. The summed E-state index contributed by atoms with van der Waals surface area (Å²) in [6, 6.07) is 13.0. The highest BCUT2D eigenvalue weighted by Crippen LogP contribution is 2.43. The van der Waals surface area contributed by atoms with E-state index in [4.69, 9.17) is 39.5 Å². The zero-order chi connectivity index (χ0) is 19.1. The van der Waals surface area contributed by atoms with E-state index in [-0.39, 0.29) is 0 Å². The van der Waals surface area contributed by atoms with Crippen LogP contribution in [0.3, 0.4) is 0 Å². The molecule has 0 aliphatic rings. The smallest absolute Gasteiger partial charge is 0.226 e. The highest BCUT2D eigenvalue weighted by atomic mass is 79.9. The minimum Gasteiger partial charge on any atom is -0.480 e. The van der Waals surface area contributed by atoms with Crippen LogP contribution in [0.2, 0.25) is 15.2 Å². The van der Waals surface area contributed by atoms with Gasteiger partial charge in [0.1, 0.15) is 11.5 Å². The van der Waals surface area contributed by atoms with Crippen molar-refractivity contribution in [1.82, 2.24) is 14.5 Å². The van der Waals surface area contributed by atoms with Gasteiger partial charge in [-0.2, -0.15) is 0 Å². The van der Waals surface area contributed by atoms with Crippen LogP contribution in [0.1, 0.15) is 0 Å². The molecule has 4 rings (SSSR count). The van der Waals surface area contributed by atoms with Crippen molar-refractivity contribution in [3.8, 4) is 22.7 Å². The highest BCUT2D eigenvalue weighted by molar-refractivity contribution is 9.10. The molecule has 0 unspecified atom stereocenters. The van der Waals surface area contributed by atoms with E-state index in [1.54, 1.807) is 29.9 Å². The first kappa shape index (κ1) is 18.6. The number of fused-ring (bicyclic) bond motifs is 1. The minimum absolute atomic E-state index is 0.434. The summed E-state index contributed by atoms with van der Waals surface area (Å²) in [5.41, 5.74) is 2.93. The largest absolute Gasteiger partial charge is 0.480 e. The lowest BCUT2D eigenvalue weighted by atomic mass is 10.1. The molecule has 0 atom stereocenters. The normalized spacial score (nSPS) is 11.1. The molecule has 4 aromatic rings. The summed E-state index contributed by atoms with van der Waals surface area (Å²) in [6.45, 7) is 0. The number of aromatic nitrogens is 3. The Labute approximate surface area is 178 Å². The second-order valence-electron chi connectivity index (χ2n) is 5.69. The molecule has 8 heteroatoms. The summed E-state index contributed by atoms with van der Waals surface area (Å²) >= 11 is 22.8. The molecule has 0 bridgehead atoms. The Morgan fingerprint density at radius 3 is 2.41 bits per heavy atom. The Morgan fingerprint density at radius 2 is 1.74 bits per heavy atom. The fourth-order valence-corrected chi connectivity index (χ4v) is 4.11. The van der Waals surface area contributed by atoms with Crippen molar-refractivity contribution < 1.29 is 4.74 Å². The number of halogens is 4. The SMILES string of the molecule is COc1ncnc2c1c(-c1ccc(Br)cc1)c(Cl)n2-c1ccc(Cl)cc1Cl. The number of rotatable bonds is 3. The lowest BCUT2D eigenvalue weighted by Crippen LogP contribution is -1.98. The lowest BCUT2D eigenvalue weighted by Gasteiger charge is -2.09. The maximum atomic E-state index is 6.84. The molecule has 0 saturated heterocycles. The van der Waals surface area contributed by atoms with Crippen LogP contribution < -0.4 is 4.74 Å². The lowest BCUT2D eigenvalue weighted by molar-refractivity contribution is 0.402. The molecule has 0 saturated carbocycles. The molecule has 2 heterocycles. The number of ether oxygens (including phenoxy) is 1. The van der Waals surface area contributed by atoms with Crippen LogP contribution in [0, 0.1) is 0 Å². The Kier molecular flexibility index (Phi) is 5.03. The third kappa shape index (κ3) is 3.19. The van der Waals surface area contributed by atoms with Crippen molar-refractivity contribution in [2.75, 3.05) is 7.11 Å². The van der Waals surface area contributed by atoms with E-state index in [0.29, 0.717) is 37.8 Å². The monoisotopic (exact) mass is 481 g/mol. The van der Waals surface area contributed by atoms with Crippen molar-refractivity contribution >= 4 is 61.8 Å². The molecule has 4 nitrogen and oxygen atoms in total. The van der Waals surface area contributed by atoms with Crippen LogP contribution in [-0.2, 0) is 0 Å². The third-order valence-electron chi connectivity index (χ3n) is 4.13. The predicted octanol–water partition coefficient (Wildman–Crippen LogP) is 6.82. The standard InChI is InChI=1S/C19H11BrCl3N3O/c1-27-19-16-15(10-2-4-11(20)5-3-10)17(23)26(18(16)24-9-25-19)14-7-6-12(21)8-13(14)22/h2-9H,1H3. The topological polar surface area (TPSA) is 39.9 Å². The van der Waals surface area contributed by atoms with E-state index in [1.807, 2.05) is 24.3 Å². The van der Waals surface area contributed by atoms with Crippen molar-refractivity contribution in [3.05, 3.63) is 68.5 Å². The van der Waals surface area contributed by atoms with Crippen LogP contribution in [0.5, 0.6) is 5.88 Å². The Morgan fingerprint density at radius 1 is 1.00 bits per heavy atom. The average Bonchev–Trinajstić information content (AvgIpc) is 2.95. The predicted molar refractivity (Wildman–Crippen MR) is 114 cm³/mol. The molecule has 0 aliphatic carbocycles. The van der Waals surface area contributed by atoms with E-state index in [1.165, 1.54) is 6.33 Å². The number of methoxy groups -OCH3 is 1. The van der Waals surface area contributed by atoms with Crippen LogP contribution in [0.15, 0.2) is 53.3 Å². The van der Waals surface area contributed by atoms with Gasteiger partial charge >= 0.3 is 0 Å². The van der Waals surface area contributed by atoms with Crippen LogP contribution in [0.4, 0.5) is 0 Å². The van der Waals surface area contributed by atoms with Crippen LogP contribution >= 0.6 is 50.7 Å². The van der Waals surface area contributed by atoms with E-state index in [9.17, 15) is 0 Å². The first-order chi connectivity index (χ1) is 13.0. The second kappa shape index (κ2) is 7.32. The molecule has 0 aliphatic heterocycles. The molecule has 0 fully saturated rings. The molecule has 2 aromatic carbocycles. The molecule has 0 N–H and O–H groups in total. The van der Waals surface area contributed by atoms with Crippen molar-refractivity contribution in [2.24, 2.45) is 0 Å². The number of benzene rings is 2. The summed E-state index contributed by atoms with van der Waals surface area (Å²) in [6.07, 6.45) is 1.43. The van der Waals surface area contributed by atoms with E-state index in [0.717, 1.165) is 15.6 Å². The fourth-order valence-electron chi connectivity index (χ4n) is 2.97. The van der Waals surface area contributed by atoms with Crippen molar-refractivity contribution in [3.63, 3.8) is 0 Å². The average molecular weight is 484 g/mol.